The second kappa shape index (κ2) is 27.3. The van der Waals surface area contributed by atoms with Crippen molar-refractivity contribution < 1.29 is 0 Å². The Kier molecular flexibility index (Phi) is 41.0. The van der Waals surface area contributed by atoms with Gasteiger partial charge in [-0.2, -0.15) is 0 Å². The maximum absolute atomic E-state index is 8.81. The predicted molar refractivity (Wildman–Crippen MR) is 23.2 cm³/mol. The summed E-state index contributed by atoms with van der Waals surface area (Å²) in [7, 11) is 1.45. The molecule has 0 bridgehead atoms. The van der Waals surface area contributed by atoms with Crippen LogP contribution in [0.1, 0.15) is 0 Å². The van der Waals surface area contributed by atoms with Crippen molar-refractivity contribution in [3.8, 4) is 0 Å². The molecule has 0 saturated heterocycles. The fourth-order valence-electron chi connectivity index (χ4n) is 0. The van der Waals surface area contributed by atoms with Gasteiger partial charge < -0.3 is 0 Å². The van der Waals surface area contributed by atoms with Gasteiger partial charge in [0.1, 0.15) is 0 Å². The van der Waals surface area contributed by atoms with E-state index in [1.54, 1.807) is 0 Å². The van der Waals surface area contributed by atoms with E-state index in [4.69, 9.17) is 4.91 Å². The lowest BCUT2D eigenvalue weighted by atomic mass is 11.5. The van der Waals surface area contributed by atoms with Crippen molar-refractivity contribution >= 4 is 0 Å². The number of nitrogens with one attached hydrogen (secondary N) is 1. The Balaban J connectivity index is 0. The lowest BCUT2D eigenvalue weighted by Crippen LogP contribution is -2.02. The SMILES string of the molecule is CNN=O.NN. The minimum absolute atomic E-state index is 1.45. The van der Waals surface area contributed by atoms with Crippen LogP contribution < -0.4 is 17.1 Å². The summed E-state index contributed by atoms with van der Waals surface area (Å²) in [6, 6.07) is 0. The van der Waals surface area contributed by atoms with E-state index in [1.807, 2.05) is 5.43 Å². The number of nitroso groups, excluding NO2 is 1. The highest BCUT2D eigenvalue weighted by Crippen LogP contribution is 1.31. The van der Waals surface area contributed by atoms with Crippen LogP contribution in [0.3, 0.4) is 0 Å². The highest BCUT2D eigenvalue weighted by Gasteiger charge is 1.41. The molecule has 0 unspecified atom stereocenters. The fourth-order valence-corrected chi connectivity index (χ4v) is 0. The van der Waals surface area contributed by atoms with Gasteiger partial charge in [-0.3, -0.25) is 17.1 Å². The summed E-state index contributed by atoms with van der Waals surface area (Å²) in [6.07, 6.45) is 0. The zero-order valence-electron chi connectivity index (χ0n) is 3.51. The highest BCUT2D eigenvalue weighted by molar-refractivity contribution is 4.06. The first kappa shape index (κ1) is 9.01. The molecule has 0 amide bonds. The van der Waals surface area contributed by atoms with Crippen molar-refractivity contribution in [1.29, 1.82) is 0 Å². The Morgan fingerprint density at radius 1 is 1.67 bits per heavy atom. The minimum Gasteiger partial charge on any atom is -0.277 e. The van der Waals surface area contributed by atoms with E-state index in [-0.39, 0.29) is 0 Å². The minimum atomic E-state index is 1.45. The molecule has 0 heterocycles. The molecule has 0 aliphatic rings. The van der Waals surface area contributed by atoms with Gasteiger partial charge in [0.15, 0.2) is 0 Å². The molecular formula is CH8N4O. The molecule has 0 radical (unpaired) electrons. The maximum Gasteiger partial charge on any atom is 0.0493 e. The van der Waals surface area contributed by atoms with E-state index in [2.05, 4.69) is 17.0 Å². The molecule has 5 heteroatoms. The van der Waals surface area contributed by atoms with E-state index in [0.29, 0.717) is 0 Å². The zero-order valence-corrected chi connectivity index (χ0v) is 3.51. The Hall–Kier alpha value is -0.680. The zero-order chi connectivity index (χ0) is 5.41. The average molecular weight is 92.1 g/mol. The lowest BCUT2D eigenvalue weighted by Gasteiger charge is -1.63. The first-order chi connectivity index (χ1) is 2.91. The molecule has 0 aromatic rings. The van der Waals surface area contributed by atoms with E-state index in [1.165, 1.54) is 7.05 Å². The normalized spacial score (nSPS) is 4.50. The van der Waals surface area contributed by atoms with Crippen LogP contribution >= 0.6 is 0 Å². The van der Waals surface area contributed by atoms with E-state index in [9.17, 15) is 0 Å². The summed E-state index contributed by atoms with van der Waals surface area (Å²) in [5.74, 6) is 8.00. The number of hydrogen-bond acceptors (Lipinski definition) is 4. The van der Waals surface area contributed by atoms with Gasteiger partial charge in [0.05, 0.1) is 0 Å². The third-order valence-corrected chi connectivity index (χ3v) is 0.0913. The van der Waals surface area contributed by atoms with Gasteiger partial charge in [-0.1, -0.05) is 0 Å². The first-order valence-electron chi connectivity index (χ1n) is 1.24. The molecule has 0 spiro atoms. The highest BCUT2D eigenvalue weighted by atomic mass is 16.3. The van der Waals surface area contributed by atoms with Crippen molar-refractivity contribution in [2.45, 2.75) is 0 Å². The molecule has 0 aliphatic heterocycles. The number of nitrogens with two attached hydrogens (primary N) is 2. The van der Waals surface area contributed by atoms with Gasteiger partial charge in [-0.25, -0.2) is 0 Å². The molecule has 5 N–H and O–H groups in total. The van der Waals surface area contributed by atoms with Crippen LogP contribution in [0, 0.1) is 4.91 Å². The van der Waals surface area contributed by atoms with Crippen molar-refractivity contribution in [2.24, 2.45) is 17.0 Å². The van der Waals surface area contributed by atoms with Crippen LogP contribution in [0.15, 0.2) is 5.29 Å². The van der Waals surface area contributed by atoms with Crippen molar-refractivity contribution in [3.05, 3.63) is 4.91 Å². The van der Waals surface area contributed by atoms with Crippen LogP contribution in [0.5, 0.6) is 0 Å². The molecule has 0 saturated carbocycles. The molecule has 0 aromatic carbocycles. The summed E-state index contributed by atoms with van der Waals surface area (Å²) in [5.41, 5.74) is 2.00. The molecule has 0 aliphatic carbocycles. The topological polar surface area (TPSA) is 93.5 Å². The largest absolute Gasteiger partial charge is 0.277 e. The average Bonchev–Trinajstić information content (AvgIpc) is 1.72. The third-order valence-electron chi connectivity index (χ3n) is 0.0913. The molecule has 5 nitrogen and oxygen atoms in total. The van der Waals surface area contributed by atoms with Gasteiger partial charge in [0, 0.05) is 12.3 Å². The monoisotopic (exact) mass is 92.1 g/mol. The maximum atomic E-state index is 8.81. The summed E-state index contributed by atoms with van der Waals surface area (Å²) in [4.78, 5) is 8.81. The molecule has 0 atom stereocenters. The molecule has 0 aromatic heterocycles. The van der Waals surface area contributed by atoms with Gasteiger partial charge >= 0.3 is 0 Å². The van der Waals surface area contributed by atoms with Crippen molar-refractivity contribution in [2.75, 3.05) is 7.05 Å². The van der Waals surface area contributed by atoms with Crippen LogP contribution in [0.4, 0.5) is 0 Å². The van der Waals surface area contributed by atoms with Crippen molar-refractivity contribution in [1.82, 2.24) is 5.43 Å². The number of hydrazine groups is 1. The number of nitrogens with zero attached hydrogens (tertiary/aromatic N) is 1. The first-order valence-corrected chi connectivity index (χ1v) is 1.24. The van der Waals surface area contributed by atoms with E-state index >= 15 is 0 Å². The molecule has 38 valence electrons. The van der Waals surface area contributed by atoms with Gasteiger partial charge in [0.25, 0.3) is 0 Å². The Bertz CT molecular complexity index is 21.5. The molecule has 6 heavy (non-hydrogen) atoms. The summed E-state index contributed by atoms with van der Waals surface area (Å²) >= 11 is 0. The van der Waals surface area contributed by atoms with Crippen LogP contribution in [-0.2, 0) is 0 Å². The summed E-state index contributed by atoms with van der Waals surface area (Å²) in [6.45, 7) is 0. The quantitative estimate of drug-likeness (QED) is 0.213. The summed E-state index contributed by atoms with van der Waals surface area (Å²) < 4.78 is 0. The van der Waals surface area contributed by atoms with Gasteiger partial charge in [-0.05, 0) is 0 Å². The molecule has 0 fully saturated rings. The van der Waals surface area contributed by atoms with E-state index in [0.717, 1.165) is 0 Å². The Labute approximate surface area is 35.6 Å². The second-order valence-corrected chi connectivity index (χ2v) is 0.315. The van der Waals surface area contributed by atoms with Crippen LogP contribution in [0.2, 0.25) is 0 Å². The van der Waals surface area contributed by atoms with Crippen LogP contribution in [0.25, 0.3) is 0 Å². The smallest absolute Gasteiger partial charge is 0.0493 e. The third kappa shape index (κ3) is 175. The standard InChI is InChI=1S/CH4N2O.H4N2/c1-2-3-4;1-2/h1H3,(H,2,4);1-2H2. The predicted octanol–water partition coefficient (Wildman–Crippen LogP) is -1.29. The van der Waals surface area contributed by atoms with Crippen LogP contribution in [-0.4, -0.2) is 7.05 Å². The summed E-state index contributed by atoms with van der Waals surface area (Å²) in [5, 5.41) is 2.24. The van der Waals surface area contributed by atoms with Crippen molar-refractivity contribution in [3.63, 3.8) is 0 Å². The molecule has 0 rings (SSSR count). The number of rotatable bonds is 1. The fraction of sp³-hybridized carbons (Fsp3) is 1.00. The lowest BCUT2D eigenvalue weighted by molar-refractivity contribution is 0.889. The van der Waals surface area contributed by atoms with Gasteiger partial charge in [-0.15, -0.1) is 4.91 Å². The second-order valence-electron chi connectivity index (χ2n) is 0.315. The number of hydrogen-bond donors (Lipinski definition) is 3. The molecular weight excluding hydrogens is 84.0 g/mol. The Morgan fingerprint density at radius 3 is 1.83 bits per heavy atom. The van der Waals surface area contributed by atoms with E-state index < -0.39 is 0 Å². The Morgan fingerprint density at radius 2 is 1.83 bits per heavy atom. The van der Waals surface area contributed by atoms with Gasteiger partial charge in [0.2, 0.25) is 0 Å².